The largest absolute Gasteiger partial charge is 0.488 e. The molecule has 0 amide bonds. The van der Waals surface area contributed by atoms with Crippen molar-refractivity contribution in [3.63, 3.8) is 0 Å². The molecule has 0 fully saturated rings. The molecule has 1 heterocycles. The highest BCUT2D eigenvalue weighted by atomic mass is 16.5. The van der Waals surface area contributed by atoms with Crippen LogP contribution in [0.3, 0.4) is 0 Å². The third kappa shape index (κ3) is 5.43. The molecule has 5 nitrogen and oxygen atoms in total. The smallest absolute Gasteiger partial charge is 0.191 e. The van der Waals surface area contributed by atoms with Gasteiger partial charge in [0.05, 0.1) is 6.54 Å². The molecule has 1 atom stereocenters. The van der Waals surface area contributed by atoms with E-state index in [1.807, 2.05) is 12.1 Å². The van der Waals surface area contributed by atoms with Crippen molar-refractivity contribution < 1.29 is 4.74 Å². The van der Waals surface area contributed by atoms with Gasteiger partial charge in [-0.25, -0.2) is 0 Å². The maximum absolute atomic E-state index is 5.95. The van der Waals surface area contributed by atoms with Crippen LogP contribution in [-0.2, 0) is 6.42 Å². The molecule has 1 aliphatic rings. The van der Waals surface area contributed by atoms with Gasteiger partial charge >= 0.3 is 0 Å². The molecule has 0 radical (unpaired) electrons. The minimum atomic E-state index is 0.167. The van der Waals surface area contributed by atoms with Gasteiger partial charge in [-0.1, -0.05) is 32.0 Å². The third-order valence-corrected chi connectivity index (χ3v) is 3.91. The maximum Gasteiger partial charge on any atom is 0.191 e. The number of nitrogens with zero attached hydrogens (tertiary/aromatic N) is 2. The van der Waals surface area contributed by atoms with E-state index in [2.05, 4.69) is 60.6 Å². The molecule has 1 aliphatic heterocycles. The molecule has 0 aromatic heterocycles. The monoisotopic (exact) mass is 318 g/mol. The van der Waals surface area contributed by atoms with Crippen LogP contribution in [0.25, 0.3) is 0 Å². The second-order valence-electron chi connectivity index (χ2n) is 7.26. The van der Waals surface area contributed by atoms with Gasteiger partial charge in [0.2, 0.25) is 0 Å². The van der Waals surface area contributed by atoms with Crippen molar-refractivity contribution in [1.29, 1.82) is 0 Å². The van der Waals surface area contributed by atoms with Gasteiger partial charge in [0.25, 0.3) is 0 Å². The van der Waals surface area contributed by atoms with Crippen LogP contribution in [0.15, 0.2) is 29.3 Å². The van der Waals surface area contributed by atoms with Crippen LogP contribution in [0.1, 0.15) is 19.4 Å². The lowest BCUT2D eigenvalue weighted by Crippen LogP contribution is -2.47. The molecule has 1 aromatic carbocycles. The zero-order valence-corrected chi connectivity index (χ0v) is 15.0. The van der Waals surface area contributed by atoms with E-state index in [4.69, 9.17) is 4.74 Å². The summed E-state index contributed by atoms with van der Waals surface area (Å²) in [4.78, 5) is 6.52. The molecule has 5 heteroatoms. The Morgan fingerprint density at radius 1 is 1.30 bits per heavy atom. The fraction of sp³-hybridized carbons (Fsp3) is 0.611. The van der Waals surface area contributed by atoms with Crippen LogP contribution in [-0.4, -0.2) is 57.7 Å². The lowest BCUT2D eigenvalue weighted by atomic mass is 9.93. The standard InChI is InChI=1S/C18H30N4O/c1-18(2,13-22(4)5)12-21-17(19-3)20-11-15-10-14-8-6-7-9-16(14)23-15/h6-9,15H,10-13H2,1-5H3,(H2,19,20,21). The first-order valence-corrected chi connectivity index (χ1v) is 8.23. The number of rotatable bonds is 6. The fourth-order valence-corrected chi connectivity index (χ4v) is 3.03. The number of ether oxygens (including phenoxy) is 1. The quantitative estimate of drug-likeness (QED) is 0.620. The summed E-state index contributed by atoms with van der Waals surface area (Å²) in [6.45, 7) is 7.16. The third-order valence-electron chi connectivity index (χ3n) is 3.91. The molecule has 1 unspecified atom stereocenters. The Labute approximate surface area is 140 Å². The summed E-state index contributed by atoms with van der Waals surface area (Å²) < 4.78 is 5.95. The van der Waals surface area contributed by atoms with E-state index in [-0.39, 0.29) is 11.5 Å². The molecule has 0 bridgehead atoms. The molecular weight excluding hydrogens is 288 g/mol. The highest BCUT2D eigenvalue weighted by molar-refractivity contribution is 5.79. The second kappa shape index (κ2) is 7.68. The second-order valence-corrected chi connectivity index (χ2v) is 7.26. The van der Waals surface area contributed by atoms with E-state index in [1.54, 1.807) is 7.05 Å². The summed E-state index contributed by atoms with van der Waals surface area (Å²) in [6.07, 6.45) is 1.12. The van der Waals surface area contributed by atoms with Crippen molar-refractivity contribution in [3.05, 3.63) is 29.8 Å². The topological polar surface area (TPSA) is 48.9 Å². The molecule has 2 rings (SSSR count). The van der Waals surface area contributed by atoms with E-state index in [0.717, 1.165) is 37.8 Å². The molecular formula is C18H30N4O. The van der Waals surface area contributed by atoms with Gasteiger partial charge < -0.3 is 20.3 Å². The zero-order chi connectivity index (χ0) is 16.9. The van der Waals surface area contributed by atoms with Gasteiger partial charge in [-0.3, -0.25) is 4.99 Å². The molecule has 2 N–H and O–H groups in total. The molecule has 23 heavy (non-hydrogen) atoms. The van der Waals surface area contributed by atoms with E-state index in [0.29, 0.717) is 0 Å². The van der Waals surface area contributed by atoms with Crippen molar-refractivity contribution in [2.75, 3.05) is 40.8 Å². The summed E-state index contributed by atoms with van der Waals surface area (Å²) in [7, 11) is 6.01. The highest BCUT2D eigenvalue weighted by Crippen LogP contribution is 2.27. The lowest BCUT2D eigenvalue weighted by molar-refractivity contribution is 0.232. The summed E-state index contributed by atoms with van der Waals surface area (Å²) in [5.74, 6) is 1.84. The van der Waals surface area contributed by atoms with E-state index < -0.39 is 0 Å². The first-order valence-electron chi connectivity index (χ1n) is 8.23. The maximum atomic E-state index is 5.95. The Balaban J connectivity index is 1.76. The SMILES string of the molecule is CN=C(NCC1Cc2ccccc2O1)NCC(C)(C)CN(C)C. The van der Waals surface area contributed by atoms with Crippen LogP contribution < -0.4 is 15.4 Å². The lowest BCUT2D eigenvalue weighted by Gasteiger charge is -2.29. The zero-order valence-electron chi connectivity index (χ0n) is 15.0. The van der Waals surface area contributed by atoms with E-state index >= 15 is 0 Å². The van der Waals surface area contributed by atoms with Gasteiger partial charge in [-0.2, -0.15) is 0 Å². The summed E-state index contributed by atoms with van der Waals surface area (Å²) in [5, 5.41) is 6.79. The van der Waals surface area contributed by atoms with Crippen LogP contribution in [0, 0.1) is 5.41 Å². The molecule has 1 aromatic rings. The van der Waals surface area contributed by atoms with Crippen molar-refractivity contribution in [2.45, 2.75) is 26.4 Å². The van der Waals surface area contributed by atoms with Crippen molar-refractivity contribution in [1.82, 2.24) is 15.5 Å². The van der Waals surface area contributed by atoms with Crippen LogP contribution in [0.4, 0.5) is 0 Å². The first kappa shape index (κ1) is 17.6. The predicted octanol–water partition coefficient (Wildman–Crippen LogP) is 1.74. The minimum absolute atomic E-state index is 0.167. The van der Waals surface area contributed by atoms with E-state index in [1.165, 1.54) is 5.56 Å². The van der Waals surface area contributed by atoms with Crippen LogP contribution in [0.5, 0.6) is 5.75 Å². The van der Waals surface area contributed by atoms with Crippen LogP contribution in [0.2, 0.25) is 0 Å². The van der Waals surface area contributed by atoms with Gasteiger partial charge in [0, 0.05) is 26.6 Å². The number of aliphatic imine (C=N–C) groups is 1. The fourth-order valence-electron chi connectivity index (χ4n) is 3.03. The average molecular weight is 318 g/mol. The van der Waals surface area contributed by atoms with Gasteiger partial charge in [-0.15, -0.1) is 0 Å². The Hall–Kier alpha value is -1.75. The molecule has 0 saturated heterocycles. The number of hydrogen-bond donors (Lipinski definition) is 2. The van der Waals surface area contributed by atoms with Crippen LogP contribution >= 0.6 is 0 Å². The average Bonchev–Trinajstić information content (AvgIpc) is 2.88. The molecule has 0 spiro atoms. The summed E-state index contributed by atoms with van der Waals surface area (Å²) in [5.41, 5.74) is 1.47. The van der Waals surface area contributed by atoms with Crippen molar-refractivity contribution >= 4 is 5.96 Å². The highest BCUT2D eigenvalue weighted by Gasteiger charge is 2.23. The number of nitrogens with one attached hydrogen (secondary N) is 2. The van der Waals surface area contributed by atoms with Crippen molar-refractivity contribution in [3.8, 4) is 5.75 Å². The molecule has 0 saturated carbocycles. The predicted molar refractivity (Wildman–Crippen MR) is 96.3 cm³/mol. The van der Waals surface area contributed by atoms with Crippen molar-refractivity contribution in [2.24, 2.45) is 10.4 Å². The summed E-state index contributed by atoms with van der Waals surface area (Å²) in [6, 6.07) is 8.24. The normalized spacial score (nSPS) is 17.8. The number of hydrogen-bond acceptors (Lipinski definition) is 3. The minimum Gasteiger partial charge on any atom is -0.488 e. The number of para-hydroxylation sites is 1. The number of fused-ring (bicyclic) bond motifs is 1. The summed E-state index contributed by atoms with van der Waals surface area (Å²) >= 11 is 0. The first-order chi connectivity index (χ1) is 10.9. The van der Waals surface area contributed by atoms with E-state index in [9.17, 15) is 0 Å². The van der Waals surface area contributed by atoms with Gasteiger partial charge in [0.1, 0.15) is 11.9 Å². The Morgan fingerprint density at radius 2 is 2.04 bits per heavy atom. The molecule has 128 valence electrons. The van der Waals surface area contributed by atoms with Gasteiger partial charge in [0.15, 0.2) is 5.96 Å². The Morgan fingerprint density at radius 3 is 2.70 bits per heavy atom. The van der Waals surface area contributed by atoms with Gasteiger partial charge in [-0.05, 0) is 31.1 Å². The Kier molecular flexibility index (Phi) is 5.88. The molecule has 0 aliphatic carbocycles. The Bertz CT molecular complexity index is 515. The number of guanidine groups is 1. The number of benzene rings is 1.